The van der Waals surface area contributed by atoms with Crippen LogP contribution >= 0.6 is 11.8 Å². The molecule has 4 rings (SSSR count). The molecule has 0 amide bonds. The van der Waals surface area contributed by atoms with Gasteiger partial charge < -0.3 is 4.90 Å². The average molecular weight is 443 g/mol. The number of hydrogen-bond acceptors (Lipinski definition) is 6. The number of benzene rings is 3. The molecule has 0 saturated carbocycles. The van der Waals surface area contributed by atoms with Gasteiger partial charge in [0.15, 0.2) is 5.03 Å². The fourth-order valence-corrected chi connectivity index (χ4v) is 4.21. The van der Waals surface area contributed by atoms with Gasteiger partial charge in [0.2, 0.25) is 5.82 Å². The molecular formula is C25H22N4O2S. The van der Waals surface area contributed by atoms with E-state index in [-0.39, 0.29) is 10.6 Å². The van der Waals surface area contributed by atoms with Crippen LogP contribution in [-0.4, -0.2) is 14.9 Å². The van der Waals surface area contributed by atoms with Crippen molar-refractivity contribution in [1.82, 2.24) is 9.97 Å². The van der Waals surface area contributed by atoms with Gasteiger partial charge in [0.1, 0.15) is 6.33 Å². The summed E-state index contributed by atoms with van der Waals surface area (Å²) < 4.78 is 0. The second kappa shape index (κ2) is 10.1. The van der Waals surface area contributed by atoms with Crippen LogP contribution in [0.5, 0.6) is 0 Å². The molecule has 0 aliphatic carbocycles. The number of nitro groups is 1. The smallest absolute Gasteiger partial charge is 0.342 e. The van der Waals surface area contributed by atoms with Crippen molar-refractivity contribution in [3.63, 3.8) is 0 Å². The van der Waals surface area contributed by atoms with Gasteiger partial charge in [-0.05, 0) is 30.2 Å². The summed E-state index contributed by atoms with van der Waals surface area (Å²) in [6.07, 6.45) is 1.40. The maximum atomic E-state index is 12.2. The Balaban J connectivity index is 1.75. The quantitative estimate of drug-likeness (QED) is 0.188. The Morgan fingerprint density at radius 3 is 1.94 bits per heavy atom. The molecule has 160 valence electrons. The monoisotopic (exact) mass is 442 g/mol. The Labute approximate surface area is 191 Å². The number of rotatable bonds is 8. The second-order valence-corrected chi connectivity index (χ2v) is 8.41. The molecule has 0 N–H and O–H groups in total. The third-order valence-corrected chi connectivity index (χ3v) is 5.92. The van der Waals surface area contributed by atoms with Crippen LogP contribution in [0.4, 0.5) is 11.5 Å². The summed E-state index contributed by atoms with van der Waals surface area (Å²) in [5, 5.41) is 12.5. The number of nitrogens with zero attached hydrogens (tertiary/aromatic N) is 4. The molecule has 1 aromatic heterocycles. The van der Waals surface area contributed by atoms with Gasteiger partial charge in [-0.1, -0.05) is 90.1 Å². The van der Waals surface area contributed by atoms with Crippen molar-refractivity contribution in [2.45, 2.75) is 29.9 Å². The van der Waals surface area contributed by atoms with E-state index in [0.29, 0.717) is 23.9 Å². The highest BCUT2D eigenvalue weighted by Crippen LogP contribution is 2.38. The summed E-state index contributed by atoms with van der Waals surface area (Å²) in [6, 6.07) is 27.6. The fraction of sp³-hybridized carbons (Fsp3) is 0.120. The third kappa shape index (κ3) is 5.31. The first-order chi connectivity index (χ1) is 15.6. The first-order valence-corrected chi connectivity index (χ1v) is 11.0. The minimum absolute atomic E-state index is 0.0788. The van der Waals surface area contributed by atoms with Crippen LogP contribution in [0, 0.1) is 17.0 Å². The first-order valence-electron chi connectivity index (χ1n) is 10.2. The van der Waals surface area contributed by atoms with Crippen molar-refractivity contribution >= 4 is 23.3 Å². The topological polar surface area (TPSA) is 72.2 Å². The van der Waals surface area contributed by atoms with Crippen LogP contribution in [0.25, 0.3) is 0 Å². The molecule has 0 aliphatic rings. The summed E-state index contributed by atoms with van der Waals surface area (Å²) in [7, 11) is 0. The van der Waals surface area contributed by atoms with E-state index in [1.807, 2.05) is 96.8 Å². The van der Waals surface area contributed by atoms with E-state index < -0.39 is 0 Å². The second-order valence-electron chi connectivity index (χ2n) is 7.35. The fourth-order valence-electron chi connectivity index (χ4n) is 3.35. The summed E-state index contributed by atoms with van der Waals surface area (Å²) in [5.41, 5.74) is 3.14. The van der Waals surface area contributed by atoms with Crippen LogP contribution < -0.4 is 4.90 Å². The van der Waals surface area contributed by atoms with Crippen molar-refractivity contribution in [3.8, 4) is 0 Å². The predicted octanol–water partition coefficient (Wildman–Crippen LogP) is 6.05. The highest BCUT2D eigenvalue weighted by Gasteiger charge is 2.28. The van der Waals surface area contributed by atoms with Gasteiger partial charge in [-0.15, -0.1) is 0 Å². The van der Waals surface area contributed by atoms with Crippen molar-refractivity contribution in [3.05, 3.63) is 118 Å². The molecule has 1 heterocycles. The molecule has 0 bridgehead atoms. The standard InChI is InChI=1S/C25H22N4O2S/c1-19-12-14-22(15-13-19)32-25-23(29(30)31)24(26-18-27-25)28(16-20-8-4-2-5-9-20)17-21-10-6-3-7-11-21/h2-15,18H,16-17H2,1H3. The SMILES string of the molecule is Cc1ccc(Sc2ncnc(N(Cc3ccccc3)Cc3ccccc3)c2[N+](=O)[O-])cc1. The van der Waals surface area contributed by atoms with Crippen molar-refractivity contribution < 1.29 is 4.92 Å². The number of aromatic nitrogens is 2. The molecule has 0 unspecified atom stereocenters. The summed E-state index contributed by atoms with van der Waals surface area (Å²) >= 11 is 1.28. The van der Waals surface area contributed by atoms with Gasteiger partial charge in [-0.3, -0.25) is 10.1 Å². The molecule has 3 aromatic carbocycles. The molecule has 0 fully saturated rings. The number of aryl methyl sites for hydroxylation is 1. The van der Waals surface area contributed by atoms with E-state index in [0.717, 1.165) is 21.6 Å². The molecule has 0 spiro atoms. The van der Waals surface area contributed by atoms with E-state index in [1.165, 1.54) is 18.1 Å². The van der Waals surface area contributed by atoms with Crippen LogP contribution in [0.2, 0.25) is 0 Å². The average Bonchev–Trinajstić information content (AvgIpc) is 2.81. The largest absolute Gasteiger partial charge is 0.343 e. The lowest BCUT2D eigenvalue weighted by atomic mass is 10.1. The zero-order valence-electron chi connectivity index (χ0n) is 17.6. The Hall–Kier alpha value is -3.71. The molecule has 0 radical (unpaired) electrons. The van der Waals surface area contributed by atoms with Crippen LogP contribution in [0.3, 0.4) is 0 Å². The van der Waals surface area contributed by atoms with Gasteiger partial charge in [-0.2, -0.15) is 0 Å². The highest BCUT2D eigenvalue weighted by molar-refractivity contribution is 7.99. The molecule has 0 saturated heterocycles. The lowest BCUT2D eigenvalue weighted by Gasteiger charge is -2.24. The van der Waals surface area contributed by atoms with Crippen LogP contribution in [0.1, 0.15) is 16.7 Å². The van der Waals surface area contributed by atoms with E-state index in [2.05, 4.69) is 9.97 Å². The number of anilines is 1. The van der Waals surface area contributed by atoms with Crippen LogP contribution in [-0.2, 0) is 13.1 Å². The zero-order chi connectivity index (χ0) is 22.3. The Morgan fingerprint density at radius 1 is 0.844 bits per heavy atom. The van der Waals surface area contributed by atoms with Gasteiger partial charge in [0.05, 0.1) is 4.92 Å². The summed E-state index contributed by atoms with van der Waals surface area (Å²) in [4.78, 5) is 23.3. The van der Waals surface area contributed by atoms with Crippen molar-refractivity contribution in [2.75, 3.05) is 4.90 Å². The highest BCUT2D eigenvalue weighted by atomic mass is 32.2. The van der Waals surface area contributed by atoms with Gasteiger partial charge >= 0.3 is 5.69 Å². The number of hydrogen-bond donors (Lipinski definition) is 0. The minimum atomic E-state index is -0.380. The van der Waals surface area contributed by atoms with Crippen molar-refractivity contribution in [1.29, 1.82) is 0 Å². The van der Waals surface area contributed by atoms with Gasteiger partial charge in [0, 0.05) is 18.0 Å². The lowest BCUT2D eigenvalue weighted by Crippen LogP contribution is -2.24. The summed E-state index contributed by atoms with van der Waals surface area (Å²) in [5.74, 6) is 0.312. The molecule has 0 atom stereocenters. The van der Waals surface area contributed by atoms with E-state index >= 15 is 0 Å². The predicted molar refractivity (Wildman–Crippen MR) is 127 cm³/mol. The zero-order valence-corrected chi connectivity index (χ0v) is 18.4. The van der Waals surface area contributed by atoms with Gasteiger partial charge in [-0.25, -0.2) is 9.97 Å². The van der Waals surface area contributed by atoms with E-state index in [4.69, 9.17) is 0 Å². The third-order valence-electron chi connectivity index (χ3n) is 4.92. The molecule has 4 aromatic rings. The molecule has 6 nitrogen and oxygen atoms in total. The molecule has 32 heavy (non-hydrogen) atoms. The summed E-state index contributed by atoms with van der Waals surface area (Å²) in [6.45, 7) is 2.98. The van der Waals surface area contributed by atoms with E-state index in [9.17, 15) is 10.1 Å². The maximum absolute atomic E-state index is 12.2. The molecule has 0 aliphatic heterocycles. The molecular weight excluding hydrogens is 420 g/mol. The normalized spacial score (nSPS) is 10.7. The first kappa shape index (κ1) is 21.5. The van der Waals surface area contributed by atoms with Gasteiger partial charge in [0.25, 0.3) is 0 Å². The molecule has 7 heteroatoms. The van der Waals surface area contributed by atoms with E-state index in [1.54, 1.807) is 0 Å². The Kier molecular flexibility index (Phi) is 6.77. The maximum Gasteiger partial charge on any atom is 0.343 e. The van der Waals surface area contributed by atoms with Crippen molar-refractivity contribution in [2.24, 2.45) is 0 Å². The minimum Gasteiger partial charge on any atom is -0.342 e. The Bertz CT molecular complexity index is 1140. The lowest BCUT2D eigenvalue weighted by molar-refractivity contribution is -0.387. The Morgan fingerprint density at radius 2 is 1.41 bits per heavy atom. The van der Waals surface area contributed by atoms with Crippen LogP contribution in [0.15, 0.2) is 101 Å².